The maximum atomic E-state index is 12.6. The molecule has 1 aromatic rings. The molecule has 0 amide bonds. The molecule has 4 nitrogen and oxygen atoms in total. The molecule has 128 valence electrons. The van der Waals surface area contributed by atoms with E-state index in [1.54, 1.807) is 24.8 Å². The largest absolute Gasteiger partial charge is 0.463 e. The molecular formula is C17H18Cl2N2O2S. The number of hydrogen-bond acceptors (Lipinski definition) is 5. The molecule has 0 unspecified atom stereocenters. The first-order valence-corrected chi connectivity index (χ1v) is 9.58. The van der Waals surface area contributed by atoms with Gasteiger partial charge in [-0.2, -0.15) is 0 Å². The number of benzene rings is 1. The van der Waals surface area contributed by atoms with Crippen molar-refractivity contribution in [2.24, 2.45) is 4.99 Å². The van der Waals surface area contributed by atoms with Crippen molar-refractivity contribution < 1.29 is 9.53 Å². The number of amidine groups is 1. The van der Waals surface area contributed by atoms with E-state index in [1.807, 2.05) is 19.1 Å². The third-order valence-electron chi connectivity index (χ3n) is 4.01. The highest BCUT2D eigenvalue weighted by Gasteiger charge is 2.37. The van der Waals surface area contributed by atoms with Crippen LogP contribution < -0.4 is 0 Å². The number of carbonyl (C=O) groups excluding carboxylic acids is 1. The molecule has 0 aromatic heterocycles. The number of fused-ring (bicyclic) bond motifs is 1. The van der Waals surface area contributed by atoms with Crippen LogP contribution in [0.1, 0.15) is 31.9 Å². The maximum absolute atomic E-state index is 12.6. The number of carbonyl (C=O) groups is 1. The van der Waals surface area contributed by atoms with Gasteiger partial charge < -0.3 is 9.64 Å². The summed E-state index contributed by atoms with van der Waals surface area (Å²) in [7, 11) is 0. The number of hydrogen-bond donors (Lipinski definition) is 0. The van der Waals surface area contributed by atoms with Crippen molar-refractivity contribution in [3.05, 3.63) is 45.1 Å². The summed E-state index contributed by atoms with van der Waals surface area (Å²) in [5.74, 6) is 0.704. The quantitative estimate of drug-likeness (QED) is 0.709. The van der Waals surface area contributed by atoms with Gasteiger partial charge in [0.2, 0.25) is 0 Å². The Balaban J connectivity index is 2.11. The van der Waals surface area contributed by atoms with Crippen LogP contribution in [-0.4, -0.2) is 34.9 Å². The second-order valence-corrected chi connectivity index (χ2v) is 7.46. The summed E-state index contributed by atoms with van der Waals surface area (Å²) < 4.78 is 5.28. The van der Waals surface area contributed by atoms with E-state index in [1.165, 1.54) is 0 Å². The van der Waals surface area contributed by atoms with Crippen LogP contribution in [0.3, 0.4) is 0 Å². The number of rotatable bonds is 3. The van der Waals surface area contributed by atoms with Crippen LogP contribution in [0.2, 0.25) is 10.0 Å². The zero-order valence-electron chi connectivity index (χ0n) is 13.5. The average molecular weight is 385 g/mol. The van der Waals surface area contributed by atoms with E-state index in [4.69, 9.17) is 27.9 Å². The molecule has 2 aliphatic heterocycles. The van der Waals surface area contributed by atoms with E-state index in [-0.39, 0.29) is 12.0 Å². The van der Waals surface area contributed by atoms with Gasteiger partial charge in [0, 0.05) is 12.3 Å². The highest BCUT2D eigenvalue weighted by molar-refractivity contribution is 8.13. The maximum Gasteiger partial charge on any atom is 0.338 e. The lowest BCUT2D eigenvalue weighted by Crippen LogP contribution is -2.42. The van der Waals surface area contributed by atoms with Crippen LogP contribution in [0.15, 0.2) is 34.5 Å². The van der Waals surface area contributed by atoms with Gasteiger partial charge in [-0.1, -0.05) is 41.0 Å². The second-order valence-electron chi connectivity index (χ2n) is 5.59. The highest BCUT2D eigenvalue weighted by Crippen LogP contribution is 2.41. The zero-order valence-corrected chi connectivity index (χ0v) is 15.8. The minimum Gasteiger partial charge on any atom is -0.463 e. The summed E-state index contributed by atoms with van der Waals surface area (Å²) in [6.45, 7) is 4.83. The minimum atomic E-state index is -0.329. The lowest BCUT2D eigenvalue weighted by atomic mass is 9.94. The molecule has 0 aliphatic carbocycles. The van der Waals surface area contributed by atoms with Crippen molar-refractivity contribution in [1.82, 2.24) is 4.90 Å². The third kappa shape index (κ3) is 3.30. The first-order valence-electron chi connectivity index (χ1n) is 7.84. The van der Waals surface area contributed by atoms with Crippen molar-refractivity contribution >= 4 is 46.1 Å². The van der Waals surface area contributed by atoms with Gasteiger partial charge in [0.15, 0.2) is 5.17 Å². The molecule has 0 bridgehead atoms. The molecule has 2 heterocycles. The molecule has 0 spiro atoms. The summed E-state index contributed by atoms with van der Waals surface area (Å²) in [5, 5.41) is 1.92. The molecule has 1 aromatic carbocycles. The fraction of sp³-hybridized carbons (Fsp3) is 0.412. The molecule has 1 atom stereocenters. The number of thioether (sulfide) groups is 1. The monoisotopic (exact) mass is 384 g/mol. The summed E-state index contributed by atoms with van der Waals surface area (Å²) in [4.78, 5) is 19.4. The smallest absolute Gasteiger partial charge is 0.338 e. The first-order chi connectivity index (χ1) is 11.5. The van der Waals surface area contributed by atoms with Gasteiger partial charge in [-0.15, -0.1) is 0 Å². The standard InChI is InChI=1S/C17H18Cl2N2O2S/c1-3-23-16(22)14-10(2)20-17-21(7-4-8-24-17)15(14)11-5-6-12(18)13(19)9-11/h5-6,9,15H,3-4,7-8H2,1-2H3/t15-/m1/s1. The Hall–Kier alpha value is -1.17. The number of nitrogens with zero attached hydrogens (tertiary/aromatic N) is 2. The van der Waals surface area contributed by atoms with Crippen molar-refractivity contribution in [2.45, 2.75) is 26.3 Å². The summed E-state index contributed by atoms with van der Waals surface area (Å²) in [6, 6.07) is 5.25. The molecule has 7 heteroatoms. The van der Waals surface area contributed by atoms with Crippen molar-refractivity contribution in [3.8, 4) is 0 Å². The van der Waals surface area contributed by atoms with Gasteiger partial charge in [-0.3, -0.25) is 0 Å². The van der Waals surface area contributed by atoms with Gasteiger partial charge in [-0.05, 0) is 38.0 Å². The number of allylic oxidation sites excluding steroid dienone is 1. The van der Waals surface area contributed by atoms with Crippen LogP contribution in [0.5, 0.6) is 0 Å². The van der Waals surface area contributed by atoms with Crippen LogP contribution in [0.25, 0.3) is 0 Å². The van der Waals surface area contributed by atoms with E-state index in [9.17, 15) is 4.79 Å². The second kappa shape index (κ2) is 7.38. The summed E-state index contributed by atoms with van der Waals surface area (Å²) >= 11 is 14.0. The van der Waals surface area contributed by atoms with E-state index >= 15 is 0 Å². The molecule has 1 fully saturated rings. The Morgan fingerprint density at radius 2 is 2.21 bits per heavy atom. The van der Waals surface area contributed by atoms with Crippen LogP contribution in [-0.2, 0) is 9.53 Å². The van der Waals surface area contributed by atoms with E-state index in [0.717, 1.165) is 29.4 Å². The number of aliphatic imine (C=N–C) groups is 1. The van der Waals surface area contributed by atoms with E-state index < -0.39 is 0 Å². The van der Waals surface area contributed by atoms with E-state index in [0.29, 0.717) is 27.9 Å². The predicted octanol–water partition coefficient (Wildman–Crippen LogP) is 4.68. The van der Waals surface area contributed by atoms with Crippen LogP contribution >= 0.6 is 35.0 Å². The Morgan fingerprint density at radius 1 is 1.42 bits per heavy atom. The first kappa shape index (κ1) is 17.6. The van der Waals surface area contributed by atoms with Gasteiger partial charge in [0.1, 0.15) is 0 Å². The number of esters is 1. The SMILES string of the molecule is CCOC(=O)C1=C(C)N=C2SCCCN2[C@@H]1c1ccc(Cl)c(Cl)c1. The lowest BCUT2D eigenvalue weighted by molar-refractivity contribution is -0.139. The van der Waals surface area contributed by atoms with Crippen LogP contribution in [0, 0.1) is 0 Å². The van der Waals surface area contributed by atoms with E-state index in [2.05, 4.69) is 9.89 Å². The van der Waals surface area contributed by atoms with Gasteiger partial charge in [0.05, 0.1) is 34.0 Å². The molecule has 1 saturated heterocycles. The molecular weight excluding hydrogens is 367 g/mol. The molecule has 0 N–H and O–H groups in total. The summed E-state index contributed by atoms with van der Waals surface area (Å²) in [6.07, 6.45) is 1.04. The normalized spacial score (nSPS) is 20.6. The molecule has 3 rings (SSSR count). The number of ether oxygens (including phenoxy) is 1. The topological polar surface area (TPSA) is 41.9 Å². The van der Waals surface area contributed by atoms with Crippen LogP contribution in [0.4, 0.5) is 0 Å². The van der Waals surface area contributed by atoms with Gasteiger partial charge in [0.25, 0.3) is 0 Å². The van der Waals surface area contributed by atoms with Crippen molar-refractivity contribution in [3.63, 3.8) is 0 Å². The van der Waals surface area contributed by atoms with Crippen molar-refractivity contribution in [2.75, 3.05) is 18.9 Å². The highest BCUT2D eigenvalue weighted by atomic mass is 35.5. The molecule has 2 aliphatic rings. The fourth-order valence-corrected chi connectivity index (χ4v) is 4.29. The average Bonchev–Trinajstić information content (AvgIpc) is 2.56. The minimum absolute atomic E-state index is 0.251. The predicted molar refractivity (Wildman–Crippen MR) is 99.8 cm³/mol. The molecule has 0 radical (unpaired) electrons. The van der Waals surface area contributed by atoms with Gasteiger partial charge in [-0.25, -0.2) is 9.79 Å². The Labute approximate surface area is 155 Å². The lowest BCUT2D eigenvalue weighted by Gasteiger charge is -2.40. The molecule has 24 heavy (non-hydrogen) atoms. The van der Waals surface area contributed by atoms with Crippen molar-refractivity contribution in [1.29, 1.82) is 0 Å². The zero-order chi connectivity index (χ0) is 17.3. The molecule has 0 saturated carbocycles. The Bertz CT molecular complexity index is 733. The summed E-state index contributed by atoms with van der Waals surface area (Å²) in [5.41, 5.74) is 2.19. The Kier molecular flexibility index (Phi) is 5.42. The Morgan fingerprint density at radius 3 is 2.92 bits per heavy atom. The fourth-order valence-electron chi connectivity index (χ4n) is 2.97. The third-order valence-corrected chi connectivity index (χ3v) is 5.83. The number of halogens is 2. The van der Waals surface area contributed by atoms with Gasteiger partial charge >= 0.3 is 5.97 Å².